The number of rotatable bonds is 2. The van der Waals surface area contributed by atoms with Crippen LogP contribution in [0.3, 0.4) is 0 Å². The molecule has 0 aromatic carbocycles. The molecule has 0 radical (unpaired) electrons. The van der Waals surface area contributed by atoms with Crippen LogP contribution in [0.15, 0.2) is 21.4 Å². The van der Waals surface area contributed by atoms with Crippen molar-refractivity contribution in [1.82, 2.24) is 9.80 Å². The molecule has 0 aliphatic carbocycles. The highest BCUT2D eigenvalue weighted by Gasteiger charge is 2.30. The van der Waals surface area contributed by atoms with E-state index in [-0.39, 0.29) is 11.9 Å². The summed E-state index contributed by atoms with van der Waals surface area (Å²) in [6, 6.07) is 1.75. The monoisotopic (exact) mass is 301 g/mol. The average Bonchev–Trinajstić information content (AvgIpc) is 2.74. The maximum absolute atomic E-state index is 12.3. The van der Waals surface area contributed by atoms with Crippen LogP contribution < -0.4 is 5.73 Å². The molecule has 5 nitrogen and oxygen atoms in total. The molecule has 2 N–H and O–H groups in total. The average molecular weight is 302 g/mol. The van der Waals surface area contributed by atoms with Crippen molar-refractivity contribution in [2.75, 3.05) is 33.2 Å². The molecule has 0 saturated carbocycles. The largest absolute Gasteiger partial charge is 0.457 e. The summed E-state index contributed by atoms with van der Waals surface area (Å²) in [5.74, 6) is -0.0193. The van der Waals surface area contributed by atoms with Crippen LogP contribution in [0.25, 0.3) is 0 Å². The van der Waals surface area contributed by atoms with Crippen LogP contribution in [0.1, 0.15) is 10.4 Å². The van der Waals surface area contributed by atoms with Gasteiger partial charge in [0.05, 0.1) is 17.9 Å². The Labute approximate surface area is 109 Å². The van der Waals surface area contributed by atoms with Gasteiger partial charge < -0.3 is 20.0 Å². The number of hydrogen-bond acceptors (Lipinski definition) is 4. The van der Waals surface area contributed by atoms with Gasteiger partial charge in [0.2, 0.25) is 0 Å². The highest BCUT2D eigenvalue weighted by Crippen LogP contribution is 2.21. The van der Waals surface area contributed by atoms with Gasteiger partial charge in [-0.2, -0.15) is 0 Å². The molecule has 6 heteroatoms. The minimum Gasteiger partial charge on any atom is -0.457 e. The number of carbonyl (C=O) groups is 1. The smallest absolute Gasteiger partial charge is 0.258 e. The molecule has 2 heterocycles. The van der Waals surface area contributed by atoms with Crippen LogP contribution in [0.4, 0.5) is 0 Å². The van der Waals surface area contributed by atoms with Gasteiger partial charge in [-0.1, -0.05) is 0 Å². The number of carbonyl (C=O) groups excluding carboxylic acids is 1. The number of piperazine rings is 1. The van der Waals surface area contributed by atoms with Crippen molar-refractivity contribution in [3.63, 3.8) is 0 Å². The molecule has 17 heavy (non-hydrogen) atoms. The number of likely N-dealkylation sites (N-methyl/N-ethyl adjacent to an activating group) is 1. The lowest BCUT2D eigenvalue weighted by Gasteiger charge is -2.39. The molecule has 1 atom stereocenters. The number of amides is 1. The van der Waals surface area contributed by atoms with Gasteiger partial charge in [-0.3, -0.25) is 4.79 Å². The van der Waals surface area contributed by atoms with E-state index in [1.165, 1.54) is 6.26 Å². The first-order valence-electron chi connectivity index (χ1n) is 5.56. The van der Waals surface area contributed by atoms with Gasteiger partial charge in [-0.15, -0.1) is 0 Å². The topological polar surface area (TPSA) is 62.7 Å². The van der Waals surface area contributed by atoms with Crippen LogP contribution in [-0.2, 0) is 0 Å². The molecule has 1 aliphatic rings. The Morgan fingerprint density at radius 1 is 1.65 bits per heavy atom. The SMILES string of the molecule is CN1CCN(C(=O)c2ccoc2Br)C(CN)C1. The Morgan fingerprint density at radius 2 is 2.41 bits per heavy atom. The molecule has 94 valence electrons. The summed E-state index contributed by atoms with van der Waals surface area (Å²) in [5, 5.41) is 0. The van der Waals surface area contributed by atoms with Crippen molar-refractivity contribution < 1.29 is 9.21 Å². The second kappa shape index (κ2) is 5.20. The quantitative estimate of drug-likeness (QED) is 0.876. The van der Waals surface area contributed by atoms with E-state index in [0.717, 1.165) is 13.1 Å². The molecule has 0 spiro atoms. The molecule has 1 unspecified atom stereocenters. The van der Waals surface area contributed by atoms with E-state index in [2.05, 4.69) is 20.8 Å². The lowest BCUT2D eigenvalue weighted by atomic mass is 10.1. The van der Waals surface area contributed by atoms with E-state index in [1.807, 2.05) is 11.9 Å². The zero-order valence-electron chi connectivity index (χ0n) is 9.73. The van der Waals surface area contributed by atoms with E-state index in [1.54, 1.807) is 6.07 Å². The third kappa shape index (κ3) is 2.53. The Balaban J connectivity index is 2.16. The second-order valence-corrected chi connectivity index (χ2v) is 4.98. The zero-order chi connectivity index (χ0) is 12.4. The van der Waals surface area contributed by atoms with E-state index in [9.17, 15) is 4.79 Å². The summed E-state index contributed by atoms with van der Waals surface area (Å²) in [7, 11) is 2.04. The highest BCUT2D eigenvalue weighted by atomic mass is 79.9. The van der Waals surface area contributed by atoms with Crippen LogP contribution >= 0.6 is 15.9 Å². The molecule has 1 amide bonds. The zero-order valence-corrected chi connectivity index (χ0v) is 11.3. The van der Waals surface area contributed by atoms with E-state index in [4.69, 9.17) is 10.2 Å². The third-order valence-electron chi connectivity index (χ3n) is 3.07. The Morgan fingerprint density at radius 3 is 3.00 bits per heavy atom. The van der Waals surface area contributed by atoms with Crippen molar-refractivity contribution in [2.24, 2.45) is 5.73 Å². The van der Waals surface area contributed by atoms with Crippen molar-refractivity contribution >= 4 is 21.8 Å². The predicted octanol–water partition coefficient (Wildman–Crippen LogP) is 0.757. The number of nitrogens with zero attached hydrogens (tertiary/aromatic N) is 2. The lowest BCUT2D eigenvalue weighted by molar-refractivity contribution is 0.0514. The van der Waals surface area contributed by atoms with Crippen molar-refractivity contribution in [3.05, 3.63) is 22.6 Å². The van der Waals surface area contributed by atoms with Gasteiger partial charge in [0.1, 0.15) is 0 Å². The minimum absolute atomic E-state index is 0.0193. The van der Waals surface area contributed by atoms with Crippen LogP contribution in [-0.4, -0.2) is 55.0 Å². The number of halogens is 1. The normalized spacial score (nSPS) is 21.8. The number of nitrogens with two attached hydrogens (primary N) is 1. The third-order valence-corrected chi connectivity index (χ3v) is 3.68. The summed E-state index contributed by atoms with van der Waals surface area (Å²) >= 11 is 3.23. The molecule has 2 rings (SSSR count). The first kappa shape index (κ1) is 12.6. The van der Waals surface area contributed by atoms with E-state index >= 15 is 0 Å². The molecule has 1 fully saturated rings. The maximum Gasteiger partial charge on any atom is 0.258 e. The highest BCUT2D eigenvalue weighted by molar-refractivity contribution is 9.10. The van der Waals surface area contributed by atoms with Gasteiger partial charge in [0.15, 0.2) is 4.67 Å². The van der Waals surface area contributed by atoms with Crippen molar-refractivity contribution in [1.29, 1.82) is 0 Å². The standard InChI is InChI=1S/C11H16BrN3O2/c1-14-3-4-15(8(6-13)7-14)11(16)9-2-5-17-10(9)12/h2,5,8H,3-4,6-7,13H2,1H3. The Bertz CT molecular complexity index is 407. The van der Waals surface area contributed by atoms with Gasteiger partial charge in [0.25, 0.3) is 5.91 Å². The van der Waals surface area contributed by atoms with Gasteiger partial charge in [0, 0.05) is 26.2 Å². The van der Waals surface area contributed by atoms with Crippen LogP contribution in [0, 0.1) is 0 Å². The van der Waals surface area contributed by atoms with E-state index in [0.29, 0.717) is 23.3 Å². The summed E-state index contributed by atoms with van der Waals surface area (Å²) in [6.07, 6.45) is 1.50. The molecule has 1 aliphatic heterocycles. The molecule has 1 aromatic rings. The Hall–Kier alpha value is -0.850. The molecular formula is C11H16BrN3O2. The Kier molecular flexibility index (Phi) is 3.86. The van der Waals surface area contributed by atoms with Gasteiger partial charge in [-0.25, -0.2) is 0 Å². The van der Waals surface area contributed by atoms with Crippen LogP contribution in [0.5, 0.6) is 0 Å². The van der Waals surface area contributed by atoms with E-state index < -0.39 is 0 Å². The number of hydrogen-bond donors (Lipinski definition) is 1. The van der Waals surface area contributed by atoms with Crippen molar-refractivity contribution in [2.45, 2.75) is 6.04 Å². The van der Waals surface area contributed by atoms with Gasteiger partial charge in [-0.05, 0) is 29.0 Å². The molecule has 1 saturated heterocycles. The fourth-order valence-electron chi connectivity index (χ4n) is 2.08. The molecular weight excluding hydrogens is 286 g/mol. The van der Waals surface area contributed by atoms with Gasteiger partial charge >= 0.3 is 0 Å². The van der Waals surface area contributed by atoms with Crippen molar-refractivity contribution in [3.8, 4) is 0 Å². The van der Waals surface area contributed by atoms with Crippen LogP contribution in [0.2, 0.25) is 0 Å². The summed E-state index contributed by atoms with van der Waals surface area (Å²) in [5.41, 5.74) is 6.29. The minimum atomic E-state index is -0.0193. The second-order valence-electron chi connectivity index (χ2n) is 4.26. The summed E-state index contributed by atoms with van der Waals surface area (Å²) < 4.78 is 5.58. The lowest BCUT2D eigenvalue weighted by Crippen LogP contribution is -2.56. The first-order chi connectivity index (χ1) is 8.13. The fraction of sp³-hybridized carbons (Fsp3) is 0.545. The predicted molar refractivity (Wildman–Crippen MR) is 67.8 cm³/mol. The first-order valence-corrected chi connectivity index (χ1v) is 6.35. The maximum atomic E-state index is 12.3. The summed E-state index contributed by atoms with van der Waals surface area (Å²) in [4.78, 5) is 16.3. The number of furan rings is 1. The summed E-state index contributed by atoms with van der Waals surface area (Å²) in [6.45, 7) is 2.87. The molecule has 0 bridgehead atoms. The molecule has 1 aromatic heterocycles. The fourth-order valence-corrected chi connectivity index (χ4v) is 2.49.